The monoisotopic (exact) mass is 297 g/mol. The first-order valence-corrected chi connectivity index (χ1v) is 8.45. The van der Waals surface area contributed by atoms with Crippen LogP contribution in [0.2, 0.25) is 0 Å². The molecule has 108 valence electrons. The number of hydrogen-bond donors (Lipinski definition) is 0. The van der Waals surface area contributed by atoms with Crippen LogP contribution >= 0.6 is 11.3 Å². The van der Waals surface area contributed by atoms with Gasteiger partial charge in [0.25, 0.3) is 0 Å². The minimum absolute atomic E-state index is 0.836. The molecular formula is C18H19NOS. The minimum atomic E-state index is 0.836. The van der Waals surface area contributed by atoms with E-state index in [2.05, 4.69) is 48.2 Å². The zero-order valence-electron chi connectivity index (χ0n) is 12.3. The van der Waals surface area contributed by atoms with Gasteiger partial charge in [0.2, 0.25) is 0 Å². The van der Waals surface area contributed by atoms with E-state index >= 15 is 0 Å². The van der Waals surface area contributed by atoms with Crippen molar-refractivity contribution < 1.29 is 4.74 Å². The Morgan fingerprint density at radius 2 is 1.90 bits per heavy atom. The molecule has 0 aliphatic carbocycles. The van der Waals surface area contributed by atoms with Crippen LogP contribution in [0, 0.1) is 0 Å². The number of anilines is 1. The lowest BCUT2D eigenvalue weighted by Crippen LogP contribution is -2.36. The van der Waals surface area contributed by atoms with E-state index < -0.39 is 0 Å². The molecule has 0 atom stereocenters. The maximum absolute atomic E-state index is 5.51. The summed E-state index contributed by atoms with van der Waals surface area (Å²) in [5, 5.41) is 2.80. The summed E-state index contributed by atoms with van der Waals surface area (Å²) in [7, 11) is 0. The smallest absolute Gasteiger partial charge is 0.0642 e. The predicted octanol–water partition coefficient (Wildman–Crippen LogP) is 4.45. The van der Waals surface area contributed by atoms with E-state index in [9.17, 15) is 0 Å². The number of nitrogens with zero attached hydrogens (tertiary/aromatic N) is 1. The Kier molecular flexibility index (Phi) is 3.32. The highest BCUT2D eigenvalue weighted by Crippen LogP contribution is 2.40. The van der Waals surface area contributed by atoms with Gasteiger partial charge in [-0.25, -0.2) is 0 Å². The molecule has 3 heteroatoms. The van der Waals surface area contributed by atoms with E-state index in [4.69, 9.17) is 4.74 Å². The third kappa shape index (κ3) is 2.21. The third-order valence-corrected chi connectivity index (χ3v) is 5.49. The Labute approximate surface area is 128 Å². The van der Waals surface area contributed by atoms with Crippen molar-refractivity contribution in [2.45, 2.75) is 13.3 Å². The van der Waals surface area contributed by atoms with Crippen molar-refractivity contribution in [2.24, 2.45) is 0 Å². The minimum Gasteiger partial charge on any atom is -0.378 e. The van der Waals surface area contributed by atoms with Gasteiger partial charge in [0.05, 0.1) is 23.6 Å². The summed E-state index contributed by atoms with van der Waals surface area (Å²) < 4.78 is 8.32. The fourth-order valence-corrected chi connectivity index (χ4v) is 4.34. The Bertz CT molecular complexity index is 786. The van der Waals surface area contributed by atoms with Crippen molar-refractivity contribution in [3.05, 3.63) is 42.0 Å². The maximum Gasteiger partial charge on any atom is 0.0642 e. The van der Waals surface area contributed by atoms with Crippen molar-refractivity contribution in [1.82, 2.24) is 0 Å². The number of ether oxygens (including phenoxy) is 1. The highest BCUT2D eigenvalue weighted by atomic mass is 32.1. The van der Waals surface area contributed by atoms with E-state index in [1.807, 2.05) is 11.3 Å². The Morgan fingerprint density at radius 1 is 1.10 bits per heavy atom. The van der Waals surface area contributed by atoms with E-state index in [-0.39, 0.29) is 0 Å². The number of morpholine rings is 1. The Balaban J connectivity index is 1.99. The van der Waals surface area contributed by atoms with Gasteiger partial charge in [-0.15, -0.1) is 11.3 Å². The first-order chi connectivity index (χ1) is 10.4. The van der Waals surface area contributed by atoms with Gasteiger partial charge in [-0.3, -0.25) is 0 Å². The number of aryl methyl sites for hydroxylation is 1. The van der Waals surface area contributed by atoms with Crippen molar-refractivity contribution >= 4 is 37.2 Å². The van der Waals surface area contributed by atoms with Gasteiger partial charge in [-0.1, -0.05) is 25.1 Å². The fourth-order valence-electron chi connectivity index (χ4n) is 3.11. The SMILES string of the molecule is CCc1cc(N2CCOCC2)c2sc3ccccc3c2c1. The van der Waals surface area contributed by atoms with Crippen LogP contribution in [0.5, 0.6) is 0 Å². The van der Waals surface area contributed by atoms with Crippen LogP contribution in [0.15, 0.2) is 36.4 Å². The van der Waals surface area contributed by atoms with Crippen LogP contribution in [0.25, 0.3) is 20.2 Å². The van der Waals surface area contributed by atoms with Crippen LogP contribution in [0.1, 0.15) is 12.5 Å². The quantitative estimate of drug-likeness (QED) is 0.692. The molecular weight excluding hydrogens is 278 g/mol. The number of rotatable bonds is 2. The molecule has 1 aromatic heterocycles. The van der Waals surface area contributed by atoms with Crippen molar-refractivity contribution in [3.8, 4) is 0 Å². The number of thiophene rings is 1. The topological polar surface area (TPSA) is 12.5 Å². The number of fused-ring (bicyclic) bond motifs is 3. The third-order valence-electron chi connectivity index (χ3n) is 4.28. The summed E-state index contributed by atoms with van der Waals surface area (Å²) in [6.07, 6.45) is 1.08. The summed E-state index contributed by atoms with van der Waals surface area (Å²) in [6, 6.07) is 13.5. The molecule has 3 aromatic rings. The zero-order chi connectivity index (χ0) is 14.2. The second-order valence-corrected chi connectivity index (χ2v) is 6.60. The molecule has 2 aromatic carbocycles. The predicted molar refractivity (Wildman–Crippen MR) is 91.7 cm³/mol. The molecule has 1 fully saturated rings. The fraction of sp³-hybridized carbons (Fsp3) is 0.333. The first-order valence-electron chi connectivity index (χ1n) is 7.63. The molecule has 0 N–H and O–H groups in total. The summed E-state index contributed by atoms with van der Waals surface area (Å²) in [4.78, 5) is 2.49. The molecule has 0 radical (unpaired) electrons. The average molecular weight is 297 g/mol. The van der Waals surface area contributed by atoms with E-state index in [1.54, 1.807) is 0 Å². The van der Waals surface area contributed by atoms with Gasteiger partial charge in [0, 0.05) is 28.6 Å². The van der Waals surface area contributed by atoms with Gasteiger partial charge >= 0.3 is 0 Å². The molecule has 4 rings (SSSR count). The maximum atomic E-state index is 5.51. The standard InChI is InChI=1S/C18H19NOS/c1-2-13-11-15-14-5-3-4-6-17(14)21-18(15)16(12-13)19-7-9-20-10-8-19/h3-6,11-12H,2,7-10H2,1H3. The second-order valence-electron chi connectivity index (χ2n) is 5.54. The summed E-state index contributed by atoms with van der Waals surface area (Å²) in [5.74, 6) is 0. The van der Waals surface area contributed by atoms with Crippen LogP contribution in [0.3, 0.4) is 0 Å². The first kappa shape index (κ1) is 13.1. The lowest BCUT2D eigenvalue weighted by atomic mass is 10.1. The van der Waals surface area contributed by atoms with Gasteiger partial charge in [-0.2, -0.15) is 0 Å². The highest BCUT2D eigenvalue weighted by molar-refractivity contribution is 7.26. The largest absolute Gasteiger partial charge is 0.378 e. The van der Waals surface area contributed by atoms with Crippen LogP contribution in [-0.4, -0.2) is 26.3 Å². The molecule has 0 spiro atoms. The normalized spacial score (nSPS) is 16.0. The van der Waals surface area contributed by atoms with Gasteiger partial charge in [0.1, 0.15) is 0 Å². The van der Waals surface area contributed by atoms with Crippen molar-refractivity contribution in [1.29, 1.82) is 0 Å². The van der Waals surface area contributed by atoms with Gasteiger partial charge in [-0.05, 0) is 30.2 Å². The summed E-state index contributed by atoms with van der Waals surface area (Å²) >= 11 is 1.92. The number of hydrogen-bond acceptors (Lipinski definition) is 3. The molecule has 0 unspecified atom stereocenters. The van der Waals surface area contributed by atoms with E-state index in [0.717, 1.165) is 32.7 Å². The second kappa shape index (κ2) is 5.32. The Hall–Kier alpha value is -1.58. The molecule has 0 amide bonds. The summed E-state index contributed by atoms with van der Waals surface area (Å²) in [6.45, 7) is 5.90. The lowest BCUT2D eigenvalue weighted by molar-refractivity contribution is 0.123. The van der Waals surface area contributed by atoms with E-state index in [1.165, 1.54) is 31.4 Å². The molecule has 2 heterocycles. The lowest BCUT2D eigenvalue weighted by Gasteiger charge is -2.29. The molecule has 1 aliphatic heterocycles. The molecule has 21 heavy (non-hydrogen) atoms. The van der Waals surface area contributed by atoms with Gasteiger partial charge in [0.15, 0.2) is 0 Å². The van der Waals surface area contributed by atoms with Crippen molar-refractivity contribution in [3.63, 3.8) is 0 Å². The van der Waals surface area contributed by atoms with Crippen LogP contribution in [0.4, 0.5) is 5.69 Å². The molecule has 1 aliphatic rings. The van der Waals surface area contributed by atoms with E-state index in [0.29, 0.717) is 0 Å². The highest BCUT2D eigenvalue weighted by Gasteiger charge is 2.17. The molecule has 0 saturated carbocycles. The summed E-state index contributed by atoms with van der Waals surface area (Å²) in [5.41, 5.74) is 2.82. The number of benzene rings is 2. The Morgan fingerprint density at radius 3 is 2.71 bits per heavy atom. The van der Waals surface area contributed by atoms with Crippen LogP contribution < -0.4 is 4.90 Å². The zero-order valence-corrected chi connectivity index (χ0v) is 13.1. The molecule has 1 saturated heterocycles. The van der Waals surface area contributed by atoms with Crippen LogP contribution in [-0.2, 0) is 11.2 Å². The molecule has 2 nitrogen and oxygen atoms in total. The van der Waals surface area contributed by atoms with Crippen molar-refractivity contribution in [2.75, 3.05) is 31.2 Å². The van der Waals surface area contributed by atoms with Gasteiger partial charge < -0.3 is 9.64 Å². The molecule has 0 bridgehead atoms. The average Bonchev–Trinajstić information content (AvgIpc) is 2.93.